The van der Waals surface area contributed by atoms with Crippen LogP contribution < -0.4 is 4.74 Å². The Bertz CT molecular complexity index is 1040. The monoisotopic (exact) mass is 403 g/mol. The third-order valence-corrected chi connectivity index (χ3v) is 5.63. The van der Waals surface area contributed by atoms with Crippen molar-refractivity contribution in [2.75, 3.05) is 6.61 Å². The highest BCUT2D eigenvalue weighted by Crippen LogP contribution is 2.44. The highest BCUT2D eigenvalue weighted by atomic mass is 16.5. The van der Waals surface area contributed by atoms with E-state index in [2.05, 4.69) is 74.3 Å². The van der Waals surface area contributed by atoms with Gasteiger partial charge in [-0.3, -0.25) is 9.89 Å². The number of aromatic nitrogens is 2. The van der Waals surface area contributed by atoms with Gasteiger partial charge in [-0.15, -0.1) is 0 Å². The maximum Gasteiger partial charge on any atom is 0.273 e. The van der Waals surface area contributed by atoms with Gasteiger partial charge in [0.2, 0.25) is 0 Å². The predicted octanol–water partition coefficient (Wildman–Crippen LogP) is 5.52. The van der Waals surface area contributed by atoms with Gasteiger partial charge in [0, 0.05) is 17.2 Å². The lowest BCUT2D eigenvalue weighted by Gasteiger charge is -2.30. The number of hydrogen-bond acceptors (Lipinski definition) is 3. The van der Waals surface area contributed by atoms with Gasteiger partial charge >= 0.3 is 0 Å². The van der Waals surface area contributed by atoms with E-state index in [1.165, 1.54) is 5.56 Å². The van der Waals surface area contributed by atoms with Crippen LogP contribution in [0.25, 0.3) is 11.3 Å². The van der Waals surface area contributed by atoms with Crippen LogP contribution >= 0.6 is 0 Å². The smallest absolute Gasteiger partial charge is 0.273 e. The fourth-order valence-electron chi connectivity index (χ4n) is 4.07. The van der Waals surface area contributed by atoms with E-state index in [-0.39, 0.29) is 18.0 Å². The third kappa shape index (κ3) is 3.60. The number of aromatic amines is 1. The van der Waals surface area contributed by atoms with Crippen molar-refractivity contribution in [3.8, 4) is 17.0 Å². The number of H-pyrrole nitrogens is 1. The average Bonchev–Trinajstić information content (AvgIpc) is 3.28. The molecular weight excluding hydrogens is 374 g/mol. The first-order valence-corrected chi connectivity index (χ1v) is 10.7. The van der Waals surface area contributed by atoms with Crippen molar-refractivity contribution in [2.45, 2.75) is 52.6 Å². The summed E-state index contributed by atoms with van der Waals surface area (Å²) in [5.74, 6) is 0.833. The van der Waals surface area contributed by atoms with Crippen LogP contribution in [0, 0.1) is 6.92 Å². The molecule has 2 aromatic carbocycles. The lowest BCUT2D eigenvalue weighted by Crippen LogP contribution is -2.35. The number of ether oxygens (including phenoxy) is 1. The summed E-state index contributed by atoms with van der Waals surface area (Å²) in [5.41, 5.74) is 5.62. The number of benzene rings is 2. The first-order valence-electron chi connectivity index (χ1n) is 10.7. The van der Waals surface area contributed by atoms with E-state index in [4.69, 9.17) is 4.74 Å². The molecular formula is C25H29N3O2. The van der Waals surface area contributed by atoms with E-state index in [1.807, 2.05) is 17.0 Å². The molecule has 1 atom stereocenters. The Balaban J connectivity index is 1.79. The first-order chi connectivity index (χ1) is 14.5. The summed E-state index contributed by atoms with van der Waals surface area (Å²) >= 11 is 0. The van der Waals surface area contributed by atoms with E-state index in [0.29, 0.717) is 12.3 Å². The van der Waals surface area contributed by atoms with Crippen LogP contribution in [0.15, 0.2) is 48.5 Å². The van der Waals surface area contributed by atoms with E-state index in [0.717, 1.165) is 41.0 Å². The molecule has 1 aliphatic heterocycles. The molecule has 5 nitrogen and oxygen atoms in total. The molecule has 0 aliphatic carbocycles. The van der Waals surface area contributed by atoms with Crippen molar-refractivity contribution in [3.05, 3.63) is 70.9 Å². The Morgan fingerprint density at radius 1 is 1.17 bits per heavy atom. The molecule has 1 aromatic heterocycles. The number of aryl methyl sites for hydroxylation is 1. The zero-order valence-electron chi connectivity index (χ0n) is 18.1. The van der Waals surface area contributed by atoms with Crippen molar-refractivity contribution >= 4 is 5.91 Å². The molecule has 4 rings (SSSR count). The minimum atomic E-state index is -0.197. The lowest BCUT2D eigenvalue weighted by molar-refractivity contribution is 0.0687. The molecule has 0 saturated carbocycles. The van der Waals surface area contributed by atoms with Crippen LogP contribution in [0.1, 0.15) is 66.8 Å². The molecule has 0 fully saturated rings. The van der Waals surface area contributed by atoms with E-state index >= 15 is 0 Å². The molecule has 0 spiro atoms. The number of amides is 1. The lowest BCUT2D eigenvalue weighted by atomic mass is 9.95. The standard InChI is InChI=1S/C25H29N3O2/c1-5-6-14-30-20-9-7-8-19(15-20)24-21-22(18-12-10-17(4)11-13-18)26-27-23(21)25(29)28(24)16(2)3/h7-13,15-16,24H,5-6,14H2,1-4H3,(H,26,27). The van der Waals surface area contributed by atoms with Crippen LogP contribution in [0.5, 0.6) is 5.75 Å². The van der Waals surface area contributed by atoms with E-state index in [1.54, 1.807) is 0 Å². The molecule has 0 bridgehead atoms. The number of carbonyl (C=O) groups excluding carboxylic acids is 1. The normalized spacial score (nSPS) is 15.7. The summed E-state index contributed by atoms with van der Waals surface area (Å²) in [4.78, 5) is 15.2. The number of nitrogens with zero attached hydrogens (tertiary/aromatic N) is 2. The second-order valence-corrected chi connectivity index (χ2v) is 8.21. The number of hydrogen-bond donors (Lipinski definition) is 1. The zero-order chi connectivity index (χ0) is 21.3. The van der Waals surface area contributed by atoms with Crippen LogP contribution in [0.2, 0.25) is 0 Å². The largest absolute Gasteiger partial charge is 0.494 e. The summed E-state index contributed by atoms with van der Waals surface area (Å²) in [5, 5.41) is 7.55. The van der Waals surface area contributed by atoms with Crippen molar-refractivity contribution in [1.82, 2.24) is 15.1 Å². The van der Waals surface area contributed by atoms with Crippen LogP contribution in [-0.2, 0) is 0 Å². The van der Waals surface area contributed by atoms with Gasteiger partial charge in [0.1, 0.15) is 11.4 Å². The van der Waals surface area contributed by atoms with Gasteiger partial charge in [-0.25, -0.2) is 0 Å². The van der Waals surface area contributed by atoms with Crippen molar-refractivity contribution in [1.29, 1.82) is 0 Å². The molecule has 0 saturated heterocycles. The number of nitrogens with one attached hydrogen (secondary N) is 1. The molecule has 1 N–H and O–H groups in total. The fraction of sp³-hybridized carbons (Fsp3) is 0.360. The molecule has 156 valence electrons. The van der Waals surface area contributed by atoms with Gasteiger partial charge in [0.25, 0.3) is 5.91 Å². The summed E-state index contributed by atoms with van der Waals surface area (Å²) < 4.78 is 5.94. The molecule has 3 aromatic rings. The van der Waals surface area contributed by atoms with E-state index in [9.17, 15) is 4.79 Å². The van der Waals surface area contributed by atoms with Gasteiger partial charge in [-0.2, -0.15) is 5.10 Å². The Kier molecular flexibility index (Phi) is 5.62. The zero-order valence-corrected chi connectivity index (χ0v) is 18.1. The Labute approximate surface area is 178 Å². The minimum absolute atomic E-state index is 0.00633. The van der Waals surface area contributed by atoms with Gasteiger partial charge in [-0.1, -0.05) is 55.3 Å². The molecule has 1 aliphatic rings. The summed E-state index contributed by atoms with van der Waals surface area (Å²) in [6.07, 6.45) is 2.12. The highest BCUT2D eigenvalue weighted by molar-refractivity contribution is 6.00. The molecule has 1 unspecified atom stereocenters. The van der Waals surface area contributed by atoms with E-state index < -0.39 is 0 Å². The van der Waals surface area contributed by atoms with Gasteiger partial charge < -0.3 is 9.64 Å². The maximum atomic E-state index is 13.2. The molecule has 30 heavy (non-hydrogen) atoms. The maximum absolute atomic E-state index is 13.2. The minimum Gasteiger partial charge on any atom is -0.494 e. The second kappa shape index (κ2) is 8.34. The van der Waals surface area contributed by atoms with Gasteiger partial charge in [0.15, 0.2) is 0 Å². The molecule has 0 radical (unpaired) electrons. The van der Waals surface area contributed by atoms with Gasteiger partial charge in [-0.05, 0) is 44.9 Å². The number of unbranched alkanes of at least 4 members (excludes halogenated alkanes) is 1. The second-order valence-electron chi connectivity index (χ2n) is 8.21. The number of carbonyl (C=O) groups is 1. The Morgan fingerprint density at radius 3 is 2.63 bits per heavy atom. The van der Waals surface area contributed by atoms with Crippen molar-refractivity contribution in [3.63, 3.8) is 0 Å². The average molecular weight is 404 g/mol. The molecule has 5 heteroatoms. The SMILES string of the molecule is CCCCOc1cccc(C2c3c(-c4ccc(C)cc4)n[nH]c3C(=O)N2C(C)C)c1. The van der Waals surface area contributed by atoms with Crippen LogP contribution in [0.4, 0.5) is 0 Å². The summed E-state index contributed by atoms with van der Waals surface area (Å²) in [6, 6.07) is 16.2. The van der Waals surface area contributed by atoms with Crippen molar-refractivity contribution < 1.29 is 9.53 Å². The van der Waals surface area contributed by atoms with Crippen molar-refractivity contribution in [2.24, 2.45) is 0 Å². The molecule has 1 amide bonds. The first kappa shape index (κ1) is 20.2. The Morgan fingerprint density at radius 2 is 1.93 bits per heavy atom. The Hall–Kier alpha value is -3.08. The van der Waals surface area contributed by atoms with Crippen LogP contribution in [-0.4, -0.2) is 33.7 Å². The topological polar surface area (TPSA) is 58.2 Å². The number of rotatable bonds is 7. The van der Waals surface area contributed by atoms with Crippen LogP contribution in [0.3, 0.4) is 0 Å². The summed E-state index contributed by atoms with van der Waals surface area (Å²) in [6.45, 7) is 9.02. The predicted molar refractivity (Wildman–Crippen MR) is 119 cm³/mol. The fourth-order valence-corrected chi connectivity index (χ4v) is 4.07. The summed E-state index contributed by atoms with van der Waals surface area (Å²) in [7, 11) is 0. The van der Waals surface area contributed by atoms with Gasteiger partial charge in [0.05, 0.1) is 18.3 Å². The highest BCUT2D eigenvalue weighted by Gasteiger charge is 2.43. The molecule has 2 heterocycles. The number of fused-ring (bicyclic) bond motifs is 1. The third-order valence-electron chi connectivity index (χ3n) is 5.63. The quantitative estimate of drug-likeness (QED) is 0.529.